The lowest BCUT2D eigenvalue weighted by Crippen LogP contribution is -2.47. The van der Waals surface area contributed by atoms with Gasteiger partial charge in [-0.3, -0.25) is 14.2 Å². The highest BCUT2D eigenvalue weighted by Gasteiger charge is 2.27. The van der Waals surface area contributed by atoms with Crippen molar-refractivity contribution in [2.24, 2.45) is 0 Å². The molecule has 430 valence electrons. The van der Waals surface area contributed by atoms with E-state index < -0.39 is 26.6 Å². The fourth-order valence-corrected chi connectivity index (χ4v) is 9.27. The maximum Gasteiger partial charge on any atom is 0.306 e. The first-order chi connectivity index (χ1) is 35.9. The molecular weight excluding hydrogens is 940 g/mol. The Hall–Kier alpha value is -2.55. The van der Waals surface area contributed by atoms with Crippen LogP contribution in [0.3, 0.4) is 0 Å². The van der Waals surface area contributed by atoms with E-state index in [-0.39, 0.29) is 24.9 Å². The molecule has 0 spiro atoms. The third-order valence-corrected chi connectivity index (χ3v) is 14.3. The summed E-state index contributed by atoms with van der Waals surface area (Å²) in [7, 11) is 1.17. The van der Waals surface area contributed by atoms with Crippen LogP contribution in [0.1, 0.15) is 271 Å². The van der Waals surface area contributed by atoms with Crippen molar-refractivity contribution in [3.05, 3.63) is 72.9 Å². The Kier molecular flexibility index (Phi) is 52.0. The lowest BCUT2D eigenvalue weighted by molar-refractivity contribution is -0.870. The van der Waals surface area contributed by atoms with Gasteiger partial charge in [0.15, 0.2) is 0 Å². The number of rotatable bonds is 55. The van der Waals surface area contributed by atoms with Gasteiger partial charge in [-0.05, 0) is 96.0 Å². The minimum Gasteiger partial charge on any atom is -0.756 e. The van der Waals surface area contributed by atoms with Crippen LogP contribution in [-0.2, 0) is 27.9 Å². The van der Waals surface area contributed by atoms with Crippen LogP contribution in [0.4, 0.5) is 0 Å². The molecule has 0 rings (SSSR count). The van der Waals surface area contributed by atoms with Crippen molar-refractivity contribution < 1.29 is 37.3 Å². The molecule has 0 saturated heterocycles. The average molecular weight is 1060 g/mol. The summed E-state index contributed by atoms with van der Waals surface area (Å²) in [5, 5.41) is 3.01. The Bertz CT molecular complexity index is 1500. The van der Waals surface area contributed by atoms with Crippen molar-refractivity contribution in [3.63, 3.8) is 0 Å². The Balaban J connectivity index is 5.13. The van der Waals surface area contributed by atoms with Crippen LogP contribution >= 0.6 is 7.82 Å². The molecule has 74 heavy (non-hydrogen) atoms. The second-order valence-electron chi connectivity index (χ2n) is 21.8. The molecule has 3 atom stereocenters. The number of phosphoric acid groups is 1. The van der Waals surface area contributed by atoms with Crippen LogP contribution in [0.5, 0.6) is 0 Å². The summed E-state index contributed by atoms with van der Waals surface area (Å²) in [5.74, 6) is -0.559. The maximum atomic E-state index is 13.5. The second-order valence-corrected chi connectivity index (χ2v) is 23.3. The molecule has 1 N–H and O–H groups in total. The molecule has 0 radical (unpaired) electrons. The lowest BCUT2D eigenvalue weighted by Gasteiger charge is -2.30. The summed E-state index contributed by atoms with van der Waals surface area (Å²) in [6, 6.07) is -0.896. The Morgan fingerprint density at radius 1 is 0.473 bits per heavy atom. The van der Waals surface area contributed by atoms with Gasteiger partial charge in [0.1, 0.15) is 19.3 Å². The molecule has 0 fully saturated rings. The molecule has 1 amide bonds. The standard InChI is InChI=1S/C64H117N2O7P/c1-7-10-13-16-19-22-25-27-28-29-30-31-32-33-34-35-36-37-38-39-42-45-48-51-54-57-64(68)73-62(55-52-49-46-43-41-26-23-20-17-14-11-8-2)61(60-72-74(69,70)71-59-58-66(4,5)6)65-63(67)56-53-50-47-44-40-24-21-18-15-12-9-3/h18-19,21-22,27-28,30-31,33-34,52,55,61-62H,7-17,20,23-26,29,32,35-51,53-54,56-60H2,1-6H3,(H-,65,67,69,70)/b21-18-,22-19-,28-27-,31-30-,34-33-,55-52-. The largest absolute Gasteiger partial charge is 0.756 e. The van der Waals surface area contributed by atoms with Crippen molar-refractivity contribution in [2.75, 3.05) is 40.9 Å². The van der Waals surface area contributed by atoms with E-state index in [0.717, 1.165) is 116 Å². The monoisotopic (exact) mass is 1060 g/mol. The number of esters is 1. The molecule has 0 aromatic heterocycles. The zero-order valence-corrected chi connectivity index (χ0v) is 49.9. The first kappa shape index (κ1) is 71.5. The number of hydrogen-bond acceptors (Lipinski definition) is 7. The van der Waals surface area contributed by atoms with Gasteiger partial charge in [0.2, 0.25) is 5.91 Å². The number of carbonyl (C=O) groups excluding carboxylic acids is 2. The van der Waals surface area contributed by atoms with Crippen molar-refractivity contribution in [2.45, 2.75) is 283 Å². The van der Waals surface area contributed by atoms with E-state index in [4.69, 9.17) is 13.8 Å². The van der Waals surface area contributed by atoms with Crippen LogP contribution in [0.25, 0.3) is 0 Å². The summed E-state index contributed by atoms with van der Waals surface area (Å²) in [4.78, 5) is 39.9. The Morgan fingerprint density at radius 2 is 0.838 bits per heavy atom. The third-order valence-electron chi connectivity index (χ3n) is 13.4. The lowest BCUT2D eigenvalue weighted by atomic mass is 10.0. The summed E-state index contributed by atoms with van der Waals surface area (Å²) in [6.07, 6.45) is 68.7. The number of likely N-dealkylation sites (N-methyl/N-ethyl adjacent to an activating group) is 1. The van der Waals surface area contributed by atoms with Crippen molar-refractivity contribution in [1.29, 1.82) is 0 Å². The number of ether oxygens (including phenoxy) is 1. The fraction of sp³-hybridized carbons (Fsp3) is 0.781. The Morgan fingerprint density at radius 3 is 1.31 bits per heavy atom. The summed E-state index contributed by atoms with van der Waals surface area (Å²) in [6.45, 7) is 6.76. The summed E-state index contributed by atoms with van der Waals surface area (Å²) >= 11 is 0. The molecule has 0 aliphatic rings. The third kappa shape index (κ3) is 54.2. The topological polar surface area (TPSA) is 114 Å². The highest BCUT2D eigenvalue weighted by atomic mass is 31.2. The highest BCUT2D eigenvalue weighted by Crippen LogP contribution is 2.38. The maximum absolute atomic E-state index is 13.5. The zero-order valence-electron chi connectivity index (χ0n) is 49.0. The van der Waals surface area contributed by atoms with E-state index in [1.807, 2.05) is 33.3 Å². The molecule has 9 nitrogen and oxygen atoms in total. The van der Waals surface area contributed by atoms with Gasteiger partial charge in [-0.25, -0.2) is 0 Å². The van der Waals surface area contributed by atoms with Crippen molar-refractivity contribution in [1.82, 2.24) is 5.32 Å². The molecule has 0 aliphatic carbocycles. The minimum absolute atomic E-state index is 0.0268. The van der Waals surface area contributed by atoms with Crippen molar-refractivity contribution >= 4 is 19.7 Å². The van der Waals surface area contributed by atoms with Gasteiger partial charge >= 0.3 is 5.97 Å². The van der Waals surface area contributed by atoms with Crippen LogP contribution < -0.4 is 10.2 Å². The van der Waals surface area contributed by atoms with Crippen LogP contribution in [0.2, 0.25) is 0 Å². The first-order valence-electron chi connectivity index (χ1n) is 30.7. The summed E-state index contributed by atoms with van der Waals surface area (Å²) < 4.78 is 30.2. The SMILES string of the molecule is CCCC/C=C\CCCCCCCC(=O)NC(COP(=O)([O-])OCC[N+](C)(C)C)C(/C=C\CCCCCCCCCCCC)OC(=O)CCCCCCCCCCC/C=C\C/C=C\C/C=C\C/C=C\CCCCC. The van der Waals surface area contributed by atoms with E-state index in [9.17, 15) is 19.0 Å². The van der Waals surface area contributed by atoms with Crippen LogP contribution in [0, 0.1) is 0 Å². The van der Waals surface area contributed by atoms with Crippen LogP contribution in [0.15, 0.2) is 72.9 Å². The quantitative estimate of drug-likeness (QED) is 0.0212. The number of quaternary nitrogens is 1. The average Bonchev–Trinajstić information content (AvgIpc) is 3.36. The minimum atomic E-state index is -4.70. The molecule has 0 saturated carbocycles. The summed E-state index contributed by atoms with van der Waals surface area (Å²) in [5.41, 5.74) is 0. The predicted molar refractivity (Wildman–Crippen MR) is 316 cm³/mol. The van der Waals surface area contributed by atoms with E-state index in [1.165, 1.54) is 122 Å². The number of amides is 1. The number of unbranched alkanes of at least 4 members (excludes halogenated alkanes) is 29. The first-order valence-corrected chi connectivity index (χ1v) is 32.2. The van der Waals surface area contributed by atoms with E-state index in [0.29, 0.717) is 17.4 Å². The van der Waals surface area contributed by atoms with Gasteiger partial charge < -0.3 is 28.5 Å². The van der Waals surface area contributed by atoms with Crippen LogP contribution in [-0.4, -0.2) is 69.4 Å². The number of allylic oxidation sites excluding steroid dienone is 11. The van der Waals surface area contributed by atoms with E-state index in [2.05, 4.69) is 86.8 Å². The van der Waals surface area contributed by atoms with E-state index in [1.54, 1.807) is 0 Å². The molecule has 0 aromatic rings. The van der Waals surface area contributed by atoms with Gasteiger partial charge in [-0.15, -0.1) is 0 Å². The molecule has 0 bridgehead atoms. The number of nitrogens with one attached hydrogen (secondary N) is 1. The zero-order chi connectivity index (χ0) is 54.3. The van der Waals surface area contributed by atoms with Gasteiger partial charge in [0.05, 0.1) is 33.8 Å². The molecule has 0 aromatic carbocycles. The number of hydrogen-bond donors (Lipinski definition) is 1. The smallest absolute Gasteiger partial charge is 0.306 e. The second kappa shape index (κ2) is 53.8. The van der Waals surface area contributed by atoms with E-state index >= 15 is 0 Å². The van der Waals surface area contributed by atoms with Gasteiger partial charge in [-0.1, -0.05) is 235 Å². The fourth-order valence-electron chi connectivity index (χ4n) is 8.54. The molecule has 0 aliphatic heterocycles. The molecule has 0 heterocycles. The van der Waals surface area contributed by atoms with Crippen molar-refractivity contribution in [3.8, 4) is 0 Å². The molecular formula is C64H117N2O7P. The normalized spacial score (nSPS) is 14.2. The molecule has 10 heteroatoms. The number of nitrogens with zero attached hydrogens (tertiary/aromatic N) is 1. The number of phosphoric ester groups is 1. The number of carbonyl (C=O) groups is 2. The van der Waals surface area contributed by atoms with Gasteiger partial charge in [0.25, 0.3) is 7.82 Å². The molecule has 3 unspecified atom stereocenters. The van der Waals surface area contributed by atoms with Gasteiger partial charge in [-0.2, -0.15) is 0 Å². The van der Waals surface area contributed by atoms with Gasteiger partial charge in [0, 0.05) is 12.8 Å². The highest BCUT2D eigenvalue weighted by molar-refractivity contribution is 7.45. The predicted octanol–water partition coefficient (Wildman–Crippen LogP) is 18.2. The Labute approximate surface area is 457 Å².